The van der Waals surface area contributed by atoms with Gasteiger partial charge in [-0.05, 0) is 42.2 Å². The molecule has 0 saturated carbocycles. The van der Waals surface area contributed by atoms with E-state index in [1.165, 1.54) is 16.7 Å². The molecule has 2 aromatic rings. The normalized spacial score (nSPS) is 13.3. The van der Waals surface area contributed by atoms with Crippen LogP contribution in [0.3, 0.4) is 0 Å². The van der Waals surface area contributed by atoms with Gasteiger partial charge < -0.3 is 0 Å². The zero-order valence-electron chi connectivity index (χ0n) is 12.4. The zero-order chi connectivity index (χ0) is 14.9. The molecule has 0 aliphatic carbocycles. The maximum absolute atomic E-state index is 6.46. The fraction of sp³-hybridized carbons (Fsp3) is 0.333. The molecule has 1 atom stereocenters. The van der Waals surface area contributed by atoms with Crippen LogP contribution in [0.25, 0.3) is 0 Å². The minimum absolute atomic E-state index is 0.0351. The van der Waals surface area contributed by atoms with E-state index in [0.29, 0.717) is 0 Å². The van der Waals surface area contributed by atoms with E-state index < -0.39 is 0 Å². The summed E-state index contributed by atoms with van der Waals surface area (Å²) in [6.07, 6.45) is 0. The van der Waals surface area contributed by atoms with Crippen LogP contribution in [0.15, 0.2) is 42.5 Å². The first kappa shape index (κ1) is 15.6. The van der Waals surface area contributed by atoms with Crippen molar-refractivity contribution in [3.8, 4) is 0 Å². The van der Waals surface area contributed by atoms with Crippen LogP contribution in [0.4, 0.5) is 0 Å². The summed E-state index contributed by atoms with van der Waals surface area (Å²) in [5, 5.41) is 0.832. The molecule has 0 N–H and O–H groups in total. The maximum Gasteiger partial charge on any atom is 0.0501 e. The van der Waals surface area contributed by atoms with Gasteiger partial charge in [-0.25, -0.2) is 0 Å². The number of hydrogen-bond acceptors (Lipinski definition) is 0. The van der Waals surface area contributed by atoms with Crippen molar-refractivity contribution in [1.82, 2.24) is 0 Å². The monoisotopic (exact) mass is 350 g/mol. The van der Waals surface area contributed by atoms with Crippen LogP contribution in [-0.2, 0) is 5.41 Å². The third kappa shape index (κ3) is 2.94. The van der Waals surface area contributed by atoms with Crippen LogP contribution in [0.5, 0.6) is 0 Å². The highest BCUT2D eigenvalue weighted by Gasteiger charge is 2.31. The molecule has 0 nitrogen and oxygen atoms in total. The topological polar surface area (TPSA) is 0 Å². The van der Waals surface area contributed by atoms with Gasteiger partial charge in [-0.2, -0.15) is 0 Å². The molecule has 1 unspecified atom stereocenters. The molecule has 0 saturated heterocycles. The molecule has 0 spiro atoms. The van der Waals surface area contributed by atoms with E-state index >= 15 is 0 Å². The average molecular weight is 352 g/mol. The van der Waals surface area contributed by atoms with Gasteiger partial charge in [0, 0.05) is 10.4 Å². The molecule has 2 aromatic carbocycles. The first-order valence-electron chi connectivity index (χ1n) is 6.80. The van der Waals surface area contributed by atoms with E-state index in [-0.39, 0.29) is 10.2 Å². The number of hydrogen-bond donors (Lipinski definition) is 0. The van der Waals surface area contributed by atoms with E-state index in [1.54, 1.807) is 0 Å². The standard InChI is InChI=1S/C18H20BrCl/c1-12-10-15(16(20)11-13(12)2)17(19)18(3,4)14-8-6-5-7-9-14/h5-11,17H,1-4H3. The lowest BCUT2D eigenvalue weighted by molar-refractivity contribution is 0.517. The van der Waals surface area contributed by atoms with Gasteiger partial charge in [0.25, 0.3) is 0 Å². The second-order valence-corrected chi connectivity index (χ2v) is 7.23. The summed E-state index contributed by atoms with van der Waals surface area (Å²) in [6.45, 7) is 8.71. The van der Waals surface area contributed by atoms with E-state index in [1.807, 2.05) is 6.07 Å². The average Bonchev–Trinajstić information content (AvgIpc) is 2.43. The molecule has 0 amide bonds. The van der Waals surface area contributed by atoms with Gasteiger partial charge in [-0.3, -0.25) is 0 Å². The van der Waals surface area contributed by atoms with Crippen molar-refractivity contribution >= 4 is 27.5 Å². The minimum atomic E-state index is -0.0351. The lowest BCUT2D eigenvalue weighted by Crippen LogP contribution is -2.23. The zero-order valence-corrected chi connectivity index (χ0v) is 14.7. The number of benzene rings is 2. The van der Waals surface area contributed by atoms with Crippen molar-refractivity contribution in [2.45, 2.75) is 37.9 Å². The second kappa shape index (κ2) is 5.91. The van der Waals surface area contributed by atoms with Crippen LogP contribution in [-0.4, -0.2) is 0 Å². The van der Waals surface area contributed by atoms with Gasteiger partial charge in [-0.15, -0.1) is 0 Å². The molecule has 2 heteroatoms. The van der Waals surface area contributed by atoms with Crippen LogP contribution in [0.2, 0.25) is 5.02 Å². The van der Waals surface area contributed by atoms with Crippen molar-refractivity contribution in [2.75, 3.05) is 0 Å². The summed E-state index contributed by atoms with van der Waals surface area (Å²) < 4.78 is 0. The summed E-state index contributed by atoms with van der Waals surface area (Å²) in [5.41, 5.74) is 4.93. The predicted octanol–water partition coefficient (Wildman–Crippen LogP) is 6.37. The van der Waals surface area contributed by atoms with Gasteiger partial charge in [0.2, 0.25) is 0 Å². The van der Waals surface area contributed by atoms with Gasteiger partial charge in [0.15, 0.2) is 0 Å². The van der Waals surface area contributed by atoms with Gasteiger partial charge in [0.05, 0.1) is 4.83 Å². The third-order valence-electron chi connectivity index (χ3n) is 4.04. The third-order valence-corrected chi connectivity index (χ3v) is 6.00. The Labute approximate surface area is 135 Å². The van der Waals surface area contributed by atoms with E-state index in [0.717, 1.165) is 10.6 Å². The van der Waals surface area contributed by atoms with Gasteiger partial charge in [-0.1, -0.05) is 77.8 Å². The molecule has 0 bridgehead atoms. The number of alkyl halides is 1. The number of halogens is 2. The molecule has 106 valence electrons. The van der Waals surface area contributed by atoms with Crippen LogP contribution in [0, 0.1) is 13.8 Å². The lowest BCUT2D eigenvalue weighted by Gasteiger charge is -2.32. The van der Waals surface area contributed by atoms with Crippen molar-refractivity contribution in [3.05, 3.63) is 69.7 Å². The number of aryl methyl sites for hydroxylation is 2. The van der Waals surface area contributed by atoms with Crippen molar-refractivity contribution < 1.29 is 0 Å². The Morgan fingerprint density at radius 3 is 2.15 bits per heavy atom. The van der Waals surface area contributed by atoms with Crippen LogP contribution >= 0.6 is 27.5 Å². The smallest absolute Gasteiger partial charge is 0.0501 e. The van der Waals surface area contributed by atoms with Crippen molar-refractivity contribution in [1.29, 1.82) is 0 Å². The molecule has 0 aromatic heterocycles. The SMILES string of the molecule is Cc1cc(Cl)c(C(Br)C(C)(C)c2ccccc2)cc1C. The fourth-order valence-electron chi connectivity index (χ4n) is 2.40. The Kier molecular flexibility index (Phi) is 4.61. The first-order chi connectivity index (χ1) is 9.34. The fourth-order valence-corrected chi connectivity index (χ4v) is 3.50. The Hall–Kier alpha value is -0.790. The highest BCUT2D eigenvalue weighted by atomic mass is 79.9. The summed E-state index contributed by atoms with van der Waals surface area (Å²) in [4.78, 5) is 0.171. The largest absolute Gasteiger partial charge is 0.0840 e. The van der Waals surface area contributed by atoms with Crippen molar-refractivity contribution in [3.63, 3.8) is 0 Å². The van der Waals surface area contributed by atoms with E-state index in [2.05, 4.69) is 80.0 Å². The summed E-state index contributed by atoms with van der Waals surface area (Å²) in [7, 11) is 0. The minimum Gasteiger partial charge on any atom is -0.0840 e. The second-order valence-electron chi connectivity index (χ2n) is 5.91. The molecule has 20 heavy (non-hydrogen) atoms. The Bertz CT molecular complexity index is 602. The van der Waals surface area contributed by atoms with Crippen LogP contribution < -0.4 is 0 Å². The van der Waals surface area contributed by atoms with E-state index in [9.17, 15) is 0 Å². The summed E-state index contributed by atoms with van der Waals surface area (Å²) in [6, 6.07) is 14.8. The Morgan fingerprint density at radius 1 is 1.00 bits per heavy atom. The molecule has 0 aliphatic heterocycles. The highest BCUT2D eigenvalue weighted by molar-refractivity contribution is 9.09. The molecular weight excluding hydrogens is 332 g/mol. The Morgan fingerprint density at radius 2 is 1.55 bits per heavy atom. The molecule has 0 heterocycles. The molecule has 0 radical (unpaired) electrons. The predicted molar refractivity (Wildman–Crippen MR) is 92.1 cm³/mol. The molecule has 0 aliphatic rings. The lowest BCUT2D eigenvalue weighted by atomic mass is 9.78. The van der Waals surface area contributed by atoms with E-state index in [4.69, 9.17) is 11.6 Å². The summed E-state index contributed by atoms with van der Waals surface area (Å²) in [5.74, 6) is 0. The van der Waals surface area contributed by atoms with Crippen LogP contribution in [0.1, 0.15) is 40.9 Å². The quantitative estimate of drug-likeness (QED) is 0.563. The van der Waals surface area contributed by atoms with Gasteiger partial charge in [0.1, 0.15) is 0 Å². The Balaban J connectivity index is 2.45. The highest BCUT2D eigenvalue weighted by Crippen LogP contribution is 2.45. The maximum atomic E-state index is 6.46. The van der Waals surface area contributed by atoms with Crippen molar-refractivity contribution in [2.24, 2.45) is 0 Å². The molecule has 0 fully saturated rings. The van der Waals surface area contributed by atoms with Gasteiger partial charge >= 0.3 is 0 Å². The summed E-state index contributed by atoms with van der Waals surface area (Å²) >= 11 is 10.3. The molecular formula is C18H20BrCl. The number of rotatable bonds is 3. The molecule has 2 rings (SSSR count). The first-order valence-corrected chi connectivity index (χ1v) is 8.09.